The van der Waals surface area contributed by atoms with Crippen LogP contribution in [0, 0.1) is 6.92 Å². The average molecular weight is 282 g/mol. The highest BCUT2D eigenvalue weighted by molar-refractivity contribution is 7.10. The van der Waals surface area contributed by atoms with E-state index < -0.39 is 0 Å². The highest BCUT2D eigenvalue weighted by Crippen LogP contribution is 2.22. The van der Waals surface area contributed by atoms with E-state index in [1.54, 1.807) is 22.7 Å². The van der Waals surface area contributed by atoms with Crippen molar-refractivity contribution in [1.29, 1.82) is 0 Å². The maximum atomic E-state index is 10.0. The Hall–Kier alpha value is -0.750. The third kappa shape index (κ3) is 3.88. The molecule has 2 aromatic rings. The number of aryl methyl sites for hydroxylation is 1. The third-order valence-corrected chi connectivity index (χ3v) is 4.66. The summed E-state index contributed by atoms with van der Waals surface area (Å²) in [6.07, 6.45) is 0.357. The zero-order valence-electron chi connectivity index (χ0n) is 10.6. The minimum Gasteiger partial charge on any atom is -0.388 e. The molecule has 0 spiro atoms. The van der Waals surface area contributed by atoms with Gasteiger partial charge in [-0.3, -0.25) is 0 Å². The fourth-order valence-corrected chi connectivity index (χ4v) is 3.21. The van der Waals surface area contributed by atoms with Crippen LogP contribution in [-0.2, 0) is 6.54 Å². The highest BCUT2D eigenvalue weighted by atomic mass is 32.1. The number of hydrogen-bond acceptors (Lipinski definition) is 5. The second-order valence-electron chi connectivity index (χ2n) is 4.43. The lowest BCUT2D eigenvalue weighted by Crippen LogP contribution is -2.27. The first kappa shape index (κ1) is 13.7. The van der Waals surface area contributed by atoms with Crippen molar-refractivity contribution in [3.63, 3.8) is 0 Å². The SMILES string of the molecule is Cc1csc(CN[C@H](C)C[C@@H](O)c2cccs2)n1. The van der Waals surface area contributed by atoms with Crippen molar-refractivity contribution in [2.75, 3.05) is 0 Å². The van der Waals surface area contributed by atoms with Gasteiger partial charge in [-0.1, -0.05) is 6.07 Å². The maximum Gasteiger partial charge on any atom is 0.107 e. The summed E-state index contributed by atoms with van der Waals surface area (Å²) in [5, 5.41) is 18.6. The summed E-state index contributed by atoms with van der Waals surface area (Å²) in [6.45, 7) is 4.87. The molecule has 0 unspecified atom stereocenters. The first-order valence-corrected chi connectivity index (χ1v) is 7.77. The van der Waals surface area contributed by atoms with Gasteiger partial charge in [-0.2, -0.15) is 0 Å². The Labute approximate surface area is 116 Å². The summed E-state index contributed by atoms with van der Waals surface area (Å²) in [5.41, 5.74) is 1.07. The molecule has 18 heavy (non-hydrogen) atoms. The van der Waals surface area contributed by atoms with Gasteiger partial charge in [0.2, 0.25) is 0 Å². The molecule has 98 valence electrons. The molecule has 0 bridgehead atoms. The third-order valence-electron chi connectivity index (χ3n) is 2.72. The minimum atomic E-state index is -0.370. The first-order chi connectivity index (χ1) is 8.65. The van der Waals surface area contributed by atoms with Crippen LogP contribution in [0.5, 0.6) is 0 Å². The summed E-state index contributed by atoms with van der Waals surface area (Å²) in [5.74, 6) is 0. The quantitative estimate of drug-likeness (QED) is 0.855. The molecular weight excluding hydrogens is 264 g/mol. The predicted octanol–water partition coefficient (Wildman–Crippen LogP) is 3.11. The fraction of sp³-hybridized carbons (Fsp3) is 0.462. The molecule has 2 heterocycles. The Morgan fingerprint density at radius 3 is 2.89 bits per heavy atom. The summed E-state index contributed by atoms with van der Waals surface area (Å²) < 4.78 is 0. The van der Waals surface area contributed by atoms with Crippen molar-refractivity contribution in [2.24, 2.45) is 0 Å². The number of hydrogen-bond donors (Lipinski definition) is 2. The van der Waals surface area contributed by atoms with Gasteiger partial charge in [0.1, 0.15) is 5.01 Å². The Kier molecular flexibility index (Phi) is 4.88. The van der Waals surface area contributed by atoms with Gasteiger partial charge in [0.15, 0.2) is 0 Å². The van der Waals surface area contributed by atoms with Crippen LogP contribution < -0.4 is 5.32 Å². The van der Waals surface area contributed by atoms with Gasteiger partial charge in [-0.25, -0.2) is 4.98 Å². The van der Waals surface area contributed by atoms with Crippen molar-refractivity contribution < 1.29 is 5.11 Å². The number of aromatic nitrogens is 1. The van der Waals surface area contributed by atoms with Crippen molar-refractivity contribution in [3.8, 4) is 0 Å². The van der Waals surface area contributed by atoms with Gasteiger partial charge < -0.3 is 10.4 Å². The molecule has 0 amide bonds. The van der Waals surface area contributed by atoms with E-state index in [1.165, 1.54) is 0 Å². The highest BCUT2D eigenvalue weighted by Gasteiger charge is 2.13. The molecular formula is C13H18N2OS2. The monoisotopic (exact) mass is 282 g/mol. The van der Waals surface area contributed by atoms with Crippen LogP contribution >= 0.6 is 22.7 Å². The molecule has 0 saturated carbocycles. The maximum absolute atomic E-state index is 10.0. The number of thiazole rings is 1. The van der Waals surface area contributed by atoms with Crippen molar-refractivity contribution in [2.45, 2.75) is 39.0 Å². The van der Waals surface area contributed by atoms with Crippen LogP contribution in [0.2, 0.25) is 0 Å². The van der Waals surface area contributed by atoms with E-state index >= 15 is 0 Å². The Morgan fingerprint density at radius 2 is 2.28 bits per heavy atom. The molecule has 2 aromatic heterocycles. The summed E-state index contributed by atoms with van der Waals surface area (Å²) >= 11 is 3.28. The van der Waals surface area contributed by atoms with Gasteiger partial charge in [0.25, 0.3) is 0 Å². The van der Waals surface area contributed by atoms with Gasteiger partial charge >= 0.3 is 0 Å². The summed E-state index contributed by atoms with van der Waals surface area (Å²) in [6, 6.07) is 4.22. The molecule has 0 fully saturated rings. The number of aliphatic hydroxyl groups excluding tert-OH is 1. The van der Waals surface area contributed by atoms with E-state index in [4.69, 9.17) is 0 Å². The Balaban J connectivity index is 1.76. The van der Waals surface area contributed by atoms with Crippen LogP contribution in [0.4, 0.5) is 0 Å². The van der Waals surface area contributed by atoms with Crippen LogP contribution in [0.25, 0.3) is 0 Å². The zero-order valence-corrected chi connectivity index (χ0v) is 12.2. The minimum absolute atomic E-state index is 0.270. The Bertz CT molecular complexity index is 467. The van der Waals surface area contributed by atoms with E-state index in [1.807, 2.05) is 24.4 Å². The molecule has 5 heteroatoms. The molecule has 2 atom stereocenters. The van der Waals surface area contributed by atoms with Crippen molar-refractivity contribution in [1.82, 2.24) is 10.3 Å². The van der Waals surface area contributed by atoms with Gasteiger partial charge in [0.05, 0.1) is 6.10 Å². The van der Waals surface area contributed by atoms with E-state index in [0.717, 1.165) is 28.5 Å². The van der Waals surface area contributed by atoms with E-state index in [2.05, 4.69) is 22.6 Å². The lowest BCUT2D eigenvalue weighted by Gasteiger charge is -2.16. The van der Waals surface area contributed by atoms with Crippen LogP contribution in [-0.4, -0.2) is 16.1 Å². The van der Waals surface area contributed by atoms with Gasteiger partial charge in [0, 0.05) is 28.5 Å². The topological polar surface area (TPSA) is 45.1 Å². The predicted molar refractivity (Wildman–Crippen MR) is 77.0 cm³/mol. The van der Waals surface area contributed by atoms with Gasteiger partial charge in [-0.15, -0.1) is 22.7 Å². The molecule has 0 aliphatic carbocycles. The van der Waals surface area contributed by atoms with E-state index in [-0.39, 0.29) is 12.1 Å². The first-order valence-electron chi connectivity index (χ1n) is 6.01. The van der Waals surface area contributed by atoms with Crippen molar-refractivity contribution >= 4 is 22.7 Å². The smallest absolute Gasteiger partial charge is 0.107 e. The van der Waals surface area contributed by atoms with Crippen molar-refractivity contribution in [3.05, 3.63) is 38.5 Å². The second-order valence-corrected chi connectivity index (χ2v) is 6.35. The summed E-state index contributed by atoms with van der Waals surface area (Å²) in [7, 11) is 0. The normalized spacial score (nSPS) is 14.6. The number of aliphatic hydroxyl groups is 1. The van der Waals surface area contributed by atoms with Crippen LogP contribution in [0.15, 0.2) is 22.9 Å². The second kappa shape index (κ2) is 6.43. The average Bonchev–Trinajstić information content (AvgIpc) is 2.97. The molecule has 0 aliphatic rings. The molecule has 2 rings (SSSR count). The van der Waals surface area contributed by atoms with Crippen LogP contribution in [0.3, 0.4) is 0 Å². The molecule has 0 aromatic carbocycles. The Morgan fingerprint density at radius 1 is 1.44 bits per heavy atom. The summed E-state index contributed by atoms with van der Waals surface area (Å²) in [4.78, 5) is 5.44. The molecule has 2 N–H and O–H groups in total. The largest absolute Gasteiger partial charge is 0.388 e. The number of nitrogens with zero attached hydrogens (tertiary/aromatic N) is 1. The van der Waals surface area contributed by atoms with E-state index in [0.29, 0.717) is 0 Å². The fourth-order valence-electron chi connectivity index (χ4n) is 1.76. The zero-order chi connectivity index (χ0) is 13.0. The standard InChI is InChI=1S/C13H18N2OS2/c1-9(6-11(16)12-4-3-5-17-12)14-7-13-15-10(2)8-18-13/h3-5,8-9,11,14,16H,6-7H2,1-2H3/t9-,11-/m1/s1. The lowest BCUT2D eigenvalue weighted by molar-refractivity contribution is 0.157. The van der Waals surface area contributed by atoms with Gasteiger partial charge in [-0.05, 0) is 31.7 Å². The molecule has 3 nitrogen and oxygen atoms in total. The lowest BCUT2D eigenvalue weighted by atomic mass is 10.1. The van der Waals surface area contributed by atoms with E-state index in [9.17, 15) is 5.11 Å². The number of rotatable bonds is 6. The molecule has 0 saturated heterocycles. The molecule has 0 aliphatic heterocycles. The number of nitrogens with one attached hydrogen (secondary N) is 1. The van der Waals surface area contributed by atoms with Crippen LogP contribution in [0.1, 0.15) is 35.0 Å². The number of thiophene rings is 1. The molecule has 0 radical (unpaired) electrons.